The zero-order valence-electron chi connectivity index (χ0n) is 17.8. The van der Waals surface area contributed by atoms with Gasteiger partial charge in [0.25, 0.3) is 0 Å². The smallest absolute Gasteiger partial charge is 0.224 e. The lowest BCUT2D eigenvalue weighted by atomic mass is 9.92. The van der Waals surface area contributed by atoms with E-state index in [1.807, 2.05) is 52.0 Å². The predicted molar refractivity (Wildman–Crippen MR) is 116 cm³/mol. The van der Waals surface area contributed by atoms with E-state index in [1.54, 1.807) is 0 Å². The van der Waals surface area contributed by atoms with Crippen LogP contribution in [0.3, 0.4) is 0 Å². The highest BCUT2D eigenvalue weighted by molar-refractivity contribution is 5.92. The lowest BCUT2D eigenvalue weighted by Gasteiger charge is -2.24. The van der Waals surface area contributed by atoms with E-state index in [0.717, 1.165) is 24.2 Å². The zero-order valence-corrected chi connectivity index (χ0v) is 17.8. The van der Waals surface area contributed by atoms with Crippen LogP contribution in [0.25, 0.3) is 0 Å². The molecule has 1 amide bonds. The minimum atomic E-state index is -0.396. The second kappa shape index (κ2) is 8.95. The van der Waals surface area contributed by atoms with Gasteiger partial charge in [-0.15, -0.1) is 0 Å². The fourth-order valence-corrected chi connectivity index (χ4v) is 3.69. The molecule has 0 aromatic heterocycles. The summed E-state index contributed by atoms with van der Waals surface area (Å²) in [6.07, 6.45) is 1.25. The molecule has 1 saturated heterocycles. The number of halogens is 1. The van der Waals surface area contributed by atoms with Crippen LogP contribution >= 0.6 is 0 Å². The predicted octanol–water partition coefficient (Wildman–Crippen LogP) is 5.48. The lowest BCUT2D eigenvalue weighted by Crippen LogP contribution is -2.26. The van der Waals surface area contributed by atoms with Gasteiger partial charge in [-0.3, -0.25) is 4.79 Å². The molecule has 0 aliphatic carbocycles. The molecule has 5 heteroatoms. The van der Waals surface area contributed by atoms with Crippen LogP contribution in [0, 0.1) is 18.2 Å². The van der Waals surface area contributed by atoms with Crippen molar-refractivity contribution in [1.29, 1.82) is 0 Å². The number of carbonyl (C=O) groups is 1. The van der Waals surface area contributed by atoms with E-state index in [9.17, 15) is 9.18 Å². The van der Waals surface area contributed by atoms with Gasteiger partial charge in [-0.2, -0.15) is 0 Å². The Kier molecular flexibility index (Phi) is 6.58. The van der Waals surface area contributed by atoms with Crippen molar-refractivity contribution in [3.05, 3.63) is 59.4 Å². The summed E-state index contributed by atoms with van der Waals surface area (Å²) in [5, 5.41) is 2.75. The van der Waals surface area contributed by atoms with Gasteiger partial charge in [0.1, 0.15) is 5.82 Å². The van der Waals surface area contributed by atoms with Crippen molar-refractivity contribution < 1.29 is 13.9 Å². The largest absolute Gasteiger partial charge is 0.372 e. The van der Waals surface area contributed by atoms with Crippen LogP contribution in [0.5, 0.6) is 0 Å². The van der Waals surface area contributed by atoms with E-state index < -0.39 is 5.82 Å². The first-order chi connectivity index (χ1) is 13.7. The molecule has 1 aliphatic heterocycles. The van der Waals surface area contributed by atoms with E-state index in [0.29, 0.717) is 19.6 Å². The molecule has 1 heterocycles. The SMILES string of the molecule is Cc1cc(N2CCO[C@@H](c3ccccc3)CC2)cc(F)c1NC(=O)CC(C)(C)C. The standard InChI is InChI=1S/C24H31FN2O2/c1-17-14-19(15-20(25)23(17)26-22(28)16-24(2,3)4)27-11-10-21(29-13-12-27)18-8-6-5-7-9-18/h5-9,14-15,21H,10-13,16H2,1-4H3,(H,26,28)/t21-/m1/s1. The summed E-state index contributed by atoms with van der Waals surface area (Å²) < 4.78 is 20.9. The fourth-order valence-electron chi connectivity index (χ4n) is 3.69. The number of ether oxygens (including phenoxy) is 1. The molecule has 2 aromatic carbocycles. The molecule has 1 fully saturated rings. The van der Waals surface area contributed by atoms with Gasteiger partial charge in [-0.05, 0) is 42.0 Å². The molecule has 0 bridgehead atoms. The van der Waals surface area contributed by atoms with Gasteiger partial charge in [0.05, 0.1) is 18.4 Å². The van der Waals surface area contributed by atoms with Crippen LogP contribution in [0.15, 0.2) is 42.5 Å². The maximum atomic E-state index is 14.8. The molecule has 1 N–H and O–H groups in total. The maximum absolute atomic E-state index is 14.8. The van der Waals surface area contributed by atoms with E-state index in [4.69, 9.17) is 4.74 Å². The first-order valence-corrected chi connectivity index (χ1v) is 10.2. The molecule has 0 unspecified atom stereocenters. The van der Waals surface area contributed by atoms with Crippen molar-refractivity contribution >= 4 is 17.3 Å². The number of nitrogens with zero attached hydrogens (tertiary/aromatic N) is 1. The molecular formula is C24H31FN2O2. The van der Waals surface area contributed by atoms with Gasteiger partial charge < -0.3 is 15.0 Å². The van der Waals surface area contributed by atoms with Gasteiger partial charge in [0, 0.05) is 25.2 Å². The molecule has 29 heavy (non-hydrogen) atoms. The summed E-state index contributed by atoms with van der Waals surface area (Å²) in [7, 11) is 0. The van der Waals surface area contributed by atoms with Crippen LogP contribution in [0.1, 0.15) is 50.8 Å². The van der Waals surface area contributed by atoms with Gasteiger partial charge in [0.15, 0.2) is 0 Å². The summed E-state index contributed by atoms with van der Waals surface area (Å²) in [6, 6.07) is 13.7. The van der Waals surface area contributed by atoms with Crippen molar-refractivity contribution in [3.8, 4) is 0 Å². The highest BCUT2D eigenvalue weighted by atomic mass is 19.1. The monoisotopic (exact) mass is 398 g/mol. The third-order valence-corrected chi connectivity index (χ3v) is 5.11. The van der Waals surface area contributed by atoms with E-state index >= 15 is 0 Å². The third kappa shape index (κ3) is 5.80. The minimum absolute atomic E-state index is 0.0584. The Morgan fingerprint density at radius 1 is 1.21 bits per heavy atom. The Labute approximate surface area is 173 Å². The quantitative estimate of drug-likeness (QED) is 0.742. The number of nitrogens with one attached hydrogen (secondary N) is 1. The van der Waals surface area contributed by atoms with Crippen LogP contribution in [-0.4, -0.2) is 25.6 Å². The second-order valence-electron chi connectivity index (χ2n) is 8.95. The van der Waals surface area contributed by atoms with Gasteiger partial charge >= 0.3 is 0 Å². The van der Waals surface area contributed by atoms with E-state index in [-0.39, 0.29) is 23.1 Å². The Morgan fingerprint density at radius 3 is 2.59 bits per heavy atom. The van der Waals surface area contributed by atoms with E-state index in [1.165, 1.54) is 11.6 Å². The van der Waals surface area contributed by atoms with Crippen LogP contribution in [0.2, 0.25) is 0 Å². The highest BCUT2D eigenvalue weighted by Crippen LogP contribution is 2.30. The van der Waals surface area contributed by atoms with Crippen molar-refractivity contribution in [3.63, 3.8) is 0 Å². The number of carbonyl (C=O) groups excluding carboxylic acids is 1. The molecule has 4 nitrogen and oxygen atoms in total. The van der Waals surface area contributed by atoms with Crippen molar-refractivity contribution in [2.45, 2.75) is 46.6 Å². The Hall–Kier alpha value is -2.40. The lowest BCUT2D eigenvalue weighted by molar-refractivity contribution is -0.117. The molecule has 0 spiro atoms. The van der Waals surface area contributed by atoms with Crippen molar-refractivity contribution in [2.24, 2.45) is 5.41 Å². The number of anilines is 2. The summed E-state index contributed by atoms with van der Waals surface area (Å²) >= 11 is 0. The summed E-state index contributed by atoms with van der Waals surface area (Å²) in [6.45, 7) is 9.88. The summed E-state index contributed by atoms with van der Waals surface area (Å²) in [4.78, 5) is 14.4. The number of amides is 1. The molecule has 0 radical (unpaired) electrons. The van der Waals surface area contributed by atoms with Crippen LogP contribution in [-0.2, 0) is 9.53 Å². The Bertz CT molecular complexity index is 823. The molecule has 2 aromatic rings. The number of hydrogen-bond acceptors (Lipinski definition) is 3. The Balaban J connectivity index is 1.70. The Morgan fingerprint density at radius 2 is 1.93 bits per heavy atom. The summed E-state index contributed by atoms with van der Waals surface area (Å²) in [5.41, 5.74) is 2.86. The minimum Gasteiger partial charge on any atom is -0.372 e. The number of benzene rings is 2. The molecular weight excluding hydrogens is 367 g/mol. The number of rotatable bonds is 4. The van der Waals surface area contributed by atoms with Crippen molar-refractivity contribution in [1.82, 2.24) is 0 Å². The zero-order chi connectivity index (χ0) is 21.0. The normalized spacial score (nSPS) is 17.7. The number of hydrogen-bond donors (Lipinski definition) is 1. The molecule has 0 saturated carbocycles. The summed E-state index contributed by atoms with van der Waals surface area (Å²) in [5.74, 6) is -0.562. The molecule has 1 atom stereocenters. The first kappa shape index (κ1) is 21.3. The highest BCUT2D eigenvalue weighted by Gasteiger charge is 2.22. The van der Waals surface area contributed by atoms with Gasteiger partial charge in [-0.1, -0.05) is 51.1 Å². The molecule has 1 aliphatic rings. The van der Waals surface area contributed by atoms with Gasteiger partial charge in [0.2, 0.25) is 5.91 Å². The topological polar surface area (TPSA) is 41.6 Å². The van der Waals surface area contributed by atoms with Gasteiger partial charge in [-0.25, -0.2) is 4.39 Å². The maximum Gasteiger partial charge on any atom is 0.224 e. The number of aryl methyl sites for hydroxylation is 1. The first-order valence-electron chi connectivity index (χ1n) is 10.2. The molecule has 3 rings (SSSR count). The van der Waals surface area contributed by atoms with Crippen LogP contribution in [0.4, 0.5) is 15.8 Å². The second-order valence-corrected chi connectivity index (χ2v) is 8.95. The van der Waals surface area contributed by atoms with E-state index in [2.05, 4.69) is 22.3 Å². The van der Waals surface area contributed by atoms with Crippen molar-refractivity contribution in [2.75, 3.05) is 29.9 Å². The third-order valence-electron chi connectivity index (χ3n) is 5.11. The average Bonchev–Trinajstić information content (AvgIpc) is 2.90. The molecule has 156 valence electrons. The fraction of sp³-hybridized carbons (Fsp3) is 0.458. The average molecular weight is 399 g/mol. The van der Waals surface area contributed by atoms with Crippen LogP contribution < -0.4 is 10.2 Å².